The smallest absolute Gasteiger partial charge is 0.331 e. The van der Waals surface area contributed by atoms with Gasteiger partial charge in [0, 0.05) is 25.4 Å². The van der Waals surface area contributed by atoms with Gasteiger partial charge in [0.2, 0.25) is 0 Å². The average molecular weight is 344 g/mol. The van der Waals surface area contributed by atoms with Crippen molar-refractivity contribution in [2.45, 2.75) is 6.42 Å². The van der Waals surface area contributed by atoms with Crippen molar-refractivity contribution in [2.75, 3.05) is 25.6 Å². The van der Waals surface area contributed by atoms with E-state index in [4.69, 9.17) is 0 Å². The first-order valence-electron chi connectivity index (χ1n) is 7.31. The van der Waals surface area contributed by atoms with Crippen molar-refractivity contribution in [3.05, 3.63) is 40.3 Å². The third-order valence-electron chi connectivity index (χ3n) is 3.69. The maximum atomic E-state index is 11.7. The number of benzene rings is 1. The molecule has 8 heteroatoms. The van der Waals surface area contributed by atoms with Crippen molar-refractivity contribution in [3.8, 4) is 0 Å². The van der Waals surface area contributed by atoms with Crippen LogP contribution in [0.25, 0.3) is 0 Å². The van der Waals surface area contributed by atoms with E-state index in [9.17, 15) is 9.59 Å². The van der Waals surface area contributed by atoms with Gasteiger partial charge in [0.25, 0.3) is 5.91 Å². The average Bonchev–Trinajstić information content (AvgIpc) is 3.10. The molecule has 0 bridgehead atoms. The van der Waals surface area contributed by atoms with Gasteiger partial charge >= 0.3 is 5.97 Å². The summed E-state index contributed by atoms with van der Waals surface area (Å²) in [6.07, 6.45) is 3.79. The van der Waals surface area contributed by atoms with Crippen LogP contribution in [-0.2, 0) is 20.7 Å². The number of amidine groups is 1. The Morgan fingerprint density at radius 1 is 1.46 bits per heavy atom. The van der Waals surface area contributed by atoms with Gasteiger partial charge in [-0.05, 0) is 41.4 Å². The highest BCUT2D eigenvalue weighted by atomic mass is 32.2. The highest BCUT2D eigenvalue weighted by Crippen LogP contribution is 2.27. The largest absolute Gasteiger partial charge is 0.466 e. The second kappa shape index (κ2) is 6.88. The van der Waals surface area contributed by atoms with Crippen LogP contribution in [0, 0.1) is 0 Å². The number of carbonyl (C=O) groups is 2. The van der Waals surface area contributed by atoms with Crippen LogP contribution in [0.4, 0.5) is 5.69 Å². The van der Waals surface area contributed by atoms with Crippen LogP contribution in [0.3, 0.4) is 0 Å². The van der Waals surface area contributed by atoms with Crippen LogP contribution in [0.5, 0.6) is 0 Å². The minimum Gasteiger partial charge on any atom is -0.466 e. The Labute approximate surface area is 143 Å². The molecule has 2 aliphatic rings. The Bertz CT molecular complexity index is 786. The molecule has 0 aliphatic carbocycles. The molecule has 1 saturated heterocycles. The molecule has 1 aromatic rings. The number of ether oxygens (including phenoxy) is 1. The topological polar surface area (TPSA) is 83.4 Å². The Kier molecular flexibility index (Phi) is 4.66. The SMILES string of the molecule is COC(=O)/C=C1/S/C(=N\N=Cc2ccc3c(c2)CCN3C)NC1=O. The standard InChI is InChI=1S/C16H16N4O3S/c1-20-6-5-11-7-10(3-4-12(11)20)9-17-19-16-18-15(22)13(24-16)8-14(21)23-2/h3-4,7-9H,5-6H2,1-2H3,(H,18,19,22)/b13-8+,17-9?. The lowest BCUT2D eigenvalue weighted by Crippen LogP contribution is -2.19. The van der Waals surface area contributed by atoms with E-state index in [0.29, 0.717) is 5.17 Å². The van der Waals surface area contributed by atoms with Gasteiger partial charge < -0.3 is 9.64 Å². The minimum absolute atomic E-state index is 0.233. The Balaban J connectivity index is 1.68. The third-order valence-corrected chi connectivity index (χ3v) is 4.59. The molecule has 0 spiro atoms. The normalized spacial score (nSPS) is 20.1. The number of amides is 1. The summed E-state index contributed by atoms with van der Waals surface area (Å²) < 4.78 is 4.50. The Morgan fingerprint density at radius 3 is 3.08 bits per heavy atom. The zero-order chi connectivity index (χ0) is 17.1. The quantitative estimate of drug-likeness (QED) is 0.387. The van der Waals surface area contributed by atoms with E-state index in [1.54, 1.807) is 6.21 Å². The number of methoxy groups -OCH3 is 1. The molecule has 2 aliphatic heterocycles. The number of nitrogens with one attached hydrogen (secondary N) is 1. The van der Waals surface area contributed by atoms with Crippen LogP contribution >= 0.6 is 11.8 Å². The summed E-state index contributed by atoms with van der Waals surface area (Å²) in [5.74, 6) is -0.972. The molecule has 3 rings (SSSR count). The van der Waals surface area contributed by atoms with E-state index >= 15 is 0 Å². The second-order valence-electron chi connectivity index (χ2n) is 5.30. The first kappa shape index (κ1) is 16.3. The minimum atomic E-state index is -0.583. The van der Waals surface area contributed by atoms with Gasteiger partial charge in [-0.15, -0.1) is 5.10 Å². The van der Waals surface area contributed by atoms with Gasteiger partial charge in [-0.3, -0.25) is 10.1 Å². The molecule has 0 unspecified atom stereocenters. The lowest BCUT2D eigenvalue weighted by molar-refractivity contribution is -0.135. The maximum Gasteiger partial charge on any atom is 0.331 e. The third kappa shape index (κ3) is 3.48. The molecule has 1 amide bonds. The predicted molar refractivity (Wildman–Crippen MR) is 94.3 cm³/mol. The monoisotopic (exact) mass is 344 g/mol. The lowest BCUT2D eigenvalue weighted by Gasteiger charge is -2.11. The number of anilines is 1. The van der Waals surface area contributed by atoms with Gasteiger partial charge in [0.15, 0.2) is 5.17 Å². The van der Waals surface area contributed by atoms with E-state index in [0.717, 1.165) is 36.4 Å². The number of rotatable bonds is 3. The maximum absolute atomic E-state index is 11.7. The zero-order valence-corrected chi connectivity index (χ0v) is 14.1. The molecule has 7 nitrogen and oxygen atoms in total. The van der Waals surface area contributed by atoms with Crippen LogP contribution < -0.4 is 10.2 Å². The summed E-state index contributed by atoms with van der Waals surface area (Å²) >= 11 is 1.05. The molecule has 1 aromatic carbocycles. The lowest BCUT2D eigenvalue weighted by atomic mass is 10.1. The molecule has 1 fully saturated rings. The summed E-state index contributed by atoms with van der Waals surface area (Å²) in [5, 5.41) is 10.9. The molecule has 0 saturated carbocycles. The van der Waals surface area contributed by atoms with Crippen molar-refractivity contribution in [2.24, 2.45) is 10.2 Å². The van der Waals surface area contributed by atoms with Gasteiger partial charge in [-0.25, -0.2) is 4.79 Å². The molecule has 1 N–H and O–H groups in total. The van der Waals surface area contributed by atoms with Crippen LogP contribution in [0.1, 0.15) is 11.1 Å². The summed E-state index contributed by atoms with van der Waals surface area (Å²) in [4.78, 5) is 25.3. The van der Waals surface area contributed by atoms with Crippen molar-refractivity contribution in [1.82, 2.24) is 5.32 Å². The highest BCUT2D eigenvalue weighted by molar-refractivity contribution is 8.18. The number of carbonyl (C=O) groups excluding carboxylic acids is 2. The van der Waals surface area contributed by atoms with Crippen LogP contribution in [0.15, 0.2) is 39.4 Å². The van der Waals surface area contributed by atoms with E-state index < -0.39 is 5.97 Å². The number of hydrogen-bond acceptors (Lipinski definition) is 7. The summed E-state index contributed by atoms with van der Waals surface area (Å²) in [7, 11) is 3.33. The molecular weight excluding hydrogens is 328 g/mol. The predicted octanol–water partition coefficient (Wildman–Crippen LogP) is 1.29. The van der Waals surface area contributed by atoms with Crippen LogP contribution in [0.2, 0.25) is 0 Å². The van der Waals surface area contributed by atoms with Crippen LogP contribution in [-0.4, -0.2) is 44.0 Å². The number of likely N-dealkylation sites (N-methyl/N-ethyl adjacent to an activating group) is 1. The fourth-order valence-electron chi connectivity index (χ4n) is 2.46. The molecule has 2 heterocycles. The van der Waals surface area contributed by atoms with E-state index in [-0.39, 0.29) is 10.8 Å². The summed E-state index contributed by atoms with van der Waals surface area (Å²) in [5.41, 5.74) is 3.49. The number of fused-ring (bicyclic) bond motifs is 1. The highest BCUT2D eigenvalue weighted by Gasteiger charge is 2.25. The fourth-order valence-corrected chi connectivity index (χ4v) is 3.19. The van der Waals surface area contributed by atoms with Crippen molar-refractivity contribution in [3.63, 3.8) is 0 Å². The Morgan fingerprint density at radius 2 is 2.29 bits per heavy atom. The molecule has 0 radical (unpaired) electrons. The van der Waals surface area contributed by atoms with E-state index in [1.807, 2.05) is 6.07 Å². The van der Waals surface area contributed by atoms with E-state index in [2.05, 4.69) is 44.3 Å². The number of esters is 1. The summed E-state index contributed by atoms with van der Waals surface area (Å²) in [6.45, 7) is 1.02. The van der Waals surface area contributed by atoms with Gasteiger partial charge in [0.05, 0.1) is 18.2 Å². The number of nitrogens with zero attached hydrogens (tertiary/aromatic N) is 3. The summed E-state index contributed by atoms with van der Waals surface area (Å²) in [6, 6.07) is 6.14. The fraction of sp³-hybridized carbons (Fsp3) is 0.250. The molecule has 124 valence electrons. The van der Waals surface area contributed by atoms with Gasteiger partial charge in [0.1, 0.15) is 0 Å². The number of hydrogen-bond donors (Lipinski definition) is 1. The van der Waals surface area contributed by atoms with E-state index in [1.165, 1.54) is 18.4 Å². The number of thioether (sulfide) groups is 1. The molecule has 0 aromatic heterocycles. The van der Waals surface area contributed by atoms with Crippen molar-refractivity contribution < 1.29 is 14.3 Å². The molecule has 0 atom stereocenters. The first-order chi connectivity index (χ1) is 11.6. The van der Waals surface area contributed by atoms with Crippen molar-refractivity contribution in [1.29, 1.82) is 0 Å². The van der Waals surface area contributed by atoms with Gasteiger partial charge in [-0.1, -0.05) is 6.07 Å². The van der Waals surface area contributed by atoms with Crippen molar-refractivity contribution >= 4 is 40.7 Å². The molecule has 24 heavy (non-hydrogen) atoms. The molecular formula is C16H16N4O3S. The van der Waals surface area contributed by atoms with Gasteiger partial charge in [-0.2, -0.15) is 5.10 Å². The first-order valence-corrected chi connectivity index (χ1v) is 8.12. The second-order valence-corrected chi connectivity index (χ2v) is 6.33. The zero-order valence-electron chi connectivity index (χ0n) is 13.3. The Hall–Kier alpha value is -2.61.